The van der Waals surface area contributed by atoms with Crippen LogP contribution < -0.4 is 0 Å². The number of hydrogen-bond acceptors (Lipinski definition) is 6. The van der Waals surface area contributed by atoms with E-state index in [0.29, 0.717) is 11.3 Å². The number of alkyl halides is 6. The molecule has 15 heteroatoms. The van der Waals surface area contributed by atoms with Crippen LogP contribution in [0.3, 0.4) is 0 Å². The van der Waals surface area contributed by atoms with Crippen LogP contribution >= 0.6 is 23.2 Å². The first-order valence-corrected chi connectivity index (χ1v) is 11.8. The average molecular weight is 540 g/mol. The number of fused-ring (bicyclic) bond motifs is 1. The van der Waals surface area contributed by atoms with Gasteiger partial charge in [-0.15, -0.1) is 0 Å². The van der Waals surface area contributed by atoms with E-state index >= 15 is 0 Å². The Bertz CT molecular complexity index is 1530. The predicted octanol–water partition coefficient (Wildman–Crippen LogP) is 6.44. The van der Waals surface area contributed by atoms with Crippen molar-refractivity contribution in [3.05, 3.63) is 58.7 Å². The standard InChI is InChI=1S/C19H12Cl2F5N5O2S/c1-9-16(30-34(2,32)11-3-4-12(13(20)8-11)19(24,25)26)31-6-5-10(7-14(31)27-9)15-28-17(33-29-15)18(21,22)23/h3-8H,1-2H3. The molecule has 0 fully saturated rings. The molecule has 0 spiro atoms. The van der Waals surface area contributed by atoms with Crippen molar-refractivity contribution >= 4 is 44.4 Å². The lowest BCUT2D eigenvalue weighted by Gasteiger charge is -2.11. The smallest absolute Gasteiger partial charge is 0.331 e. The number of hydrogen-bond donors (Lipinski definition) is 0. The van der Waals surface area contributed by atoms with Gasteiger partial charge in [-0.05, 0) is 48.9 Å². The van der Waals surface area contributed by atoms with Crippen molar-refractivity contribution < 1.29 is 30.7 Å². The third kappa shape index (κ3) is 4.59. The molecule has 180 valence electrons. The second-order valence-electron chi connectivity index (χ2n) is 7.12. The summed E-state index contributed by atoms with van der Waals surface area (Å²) in [6.45, 7) is 1.58. The van der Waals surface area contributed by atoms with Crippen LogP contribution in [-0.4, -0.2) is 30.0 Å². The molecule has 0 radical (unpaired) electrons. The van der Waals surface area contributed by atoms with Gasteiger partial charge in [-0.3, -0.25) is 4.40 Å². The number of halogens is 7. The molecule has 0 saturated heterocycles. The fourth-order valence-electron chi connectivity index (χ4n) is 3.03. The summed E-state index contributed by atoms with van der Waals surface area (Å²) in [5.74, 6) is -1.05. The largest absolute Gasteiger partial charge is 0.417 e. The van der Waals surface area contributed by atoms with Crippen molar-refractivity contribution in [1.29, 1.82) is 0 Å². The van der Waals surface area contributed by atoms with Gasteiger partial charge in [0.25, 0.3) is 0 Å². The summed E-state index contributed by atoms with van der Waals surface area (Å²) in [7, 11) is -3.23. The first-order chi connectivity index (χ1) is 15.7. The third-order valence-electron chi connectivity index (χ3n) is 4.64. The minimum atomic E-state index is -4.66. The summed E-state index contributed by atoms with van der Waals surface area (Å²) >= 11 is 10.6. The average Bonchev–Trinajstić information content (AvgIpc) is 3.32. The molecular formula is C19H12Cl2F5N5O2S. The SMILES string of the molecule is Cc1nc2cc(-c3noc(C(F)(F)Cl)n3)ccn2c1N=S(C)(=O)c1ccc(C(F)(F)F)c(Cl)c1. The van der Waals surface area contributed by atoms with Gasteiger partial charge in [-0.2, -0.15) is 31.3 Å². The molecule has 0 aliphatic rings. The minimum absolute atomic E-state index is 0.00204. The Kier molecular flexibility index (Phi) is 5.85. The van der Waals surface area contributed by atoms with Crippen LogP contribution in [0.2, 0.25) is 5.02 Å². The maximum absolute atomic E-state index is 13.3. The Balaban J connectivity index is 1.76. The highest BCUT2D eigenvalue weighted by Gasteiger charge is 2.36. The maximum atomic E-state index is 13.3. The molecular weight excluding hydrogens is 528 g/mol. The van der Waals surface area contributed by atoms with Crippen molar-refractivity contribution in [2.75, 3.05) is 6.26 Å². The predicted molar refractivity (Wildman–Crippen MR) is 114 cm³/mol. The number of aromatic nitrogens is 4. The van der Waals surface area contributed by atoms with Crippen LogP contribution in [0.5, 0.6) is 0 Å². The first-order valence-electron chi connectivity index (χ1n) is 9.16. The molecule has 3 heterocycles. The molecule has 0 bridgehead atoms. The number of nitrogens with zero attached hydrogens (tertiary/aromatic N) is 5. The lowest BCUT2D eigenvalue weighted by molar-refractivity contribution is -0.137. The Morgan fingerprint density at radius 1 is 1.12 bits per heavy atom. The van der Waals surface area contributed by atoms with Gasteiger partial charge >= 0.3 is 17.4 Å². The van der Waals surface area contributed by atoms with Crippen LogP contribution in [-0.2, 0) is 21.3 Å². The second-order valence-corrected chi connectivity index (χ2v) is 10.3. The first kappa shape index (κ1) is 24.4. The third-order valence-corrected chi connectivity index (χ3v) is 6.76. The zero-order chi connectivity index (χ0) is 25.1. The van der Waals surface area contributed by atoms with Gasteiger partial charge in [0.05, 0.1) is 26.0 Å². The van der Waals surface area contributed by atoms with Crippen molar-refractivity contribution in [2.24, 2.45) is 4.36 Å². The van der Waals surface area contributed by atoms with E-state index in [-0.39, 0.29) is 22.1 Å². The number of rotatable bonds is 4. The highest BCUT2D eigenvalue weighted by Crippen LogP contribution is 2.37. The van der Waals surface area contributed by atoms with Crippen molar-refractivity contribution in [2.45, 2.75) is 23.4 Å². The van der Waals surface area contributed by atoms with Gasteiger partial charge in [0.1, 0.15) is 5.65 Å². The monoisotopic (exact) mass is 539 g/mol. The van der Waals surface area contributed by atoms with Crippen LogP contribution in [0.4, 0.5) is 27.8 Å². The molecule has 4 aromatic rings. The van der Waals surface area contributed by atoms with E-state index < -0.39 is 37.8 Å². The molecule has 1 unspecified atom stereocenters. The van der Waals surface area contributed by atoms with E-state index in [1.165, 1.54) is 29.0 Å². The number of pyridine rings is 1. The van der Waals surface area contributed by atoms with Crippen molar-refractivity contribution in [1.82, 2.24) is 19.5 Å². The zero-order valence-corrected chi connectivity index (χ0v) is 19.4. The molecule has 0 amide bonds. The molecule has 0 aliphatic carbocycles. The Morgan fingerprint density at radius 3 is 2.41 bits per heavy atom. The number of imidazole rings is 1. The van der Waals surface area contributed by atoms with E-state index in [0.717, 1.165) is 18.2 Å². The van der Waals surface area contributed by atoms with Crippen LogP contribution in [0.15, 0.2) is 50.3 Å². The molecule has 1 aromatic carbocycles. The van der Waals surface area contributed by atoms with Crippen molar-refractivity contribution in [3.8, 4) is 11.4 Å². The summed E-state index contributed by atoms with van der Waals surface area (Å²) in [5, 5.41) is -0.955. The molecule has 0 saturated carbocycles. The van der Waals surface area contributed by atoms with Crippen LogP contribution in [0, 0.1) is 6.92 Å². The quantitative estimate of drug-likeness (QED) is 0.220. The summed E-state index contributed by atoms with van der Waals surface area (Å²) in [5.41, 5.74) is -0.126. The molecule has 7 nitrogen and oxygen atoms in total. The molecule has 3 aromatic heterocycles. The number of benzene rings is 1. The topological polar surface area (TPSA) is 85.7 Å². The van der Waals surface area contributed by atoms with E-state index in [4.69, 9.17) is 23.2 Å². The fourth-order valence-corrected chi connectivity index (χ4v) is 4.78. The van der Waals surface area contributed by atoms with Crippen LogP contribution in [0.1, 0.15) is 17.1 Å². The van der Waals surface area contributed by atoms with E-state index in [2.05, 4.69) is 24.0 Å². The van der Waals surface area contributed by atoms with Gasteiger partial charge < -0.3 is 4.52 Å². The van der Waals surface area contributed by atoms with Crippen LogP contribution in [0.25, 0.3) is 17.0 Å². The van der Waals surface area contributed by atoms with Gasteiger partial charge in [-0.1, -0.05) is 16.8 Å². The lowest BCUT2D eigenvalue weighted by atomic mass is 10.2. The molecule has 0 aliphatic heterocycles. The van der Waals surface area contributed by atoms with Gasteiger partial charge in [-0.25, -0.2) is 9.19 Å². The van der Waals surface area contributed by atoms with Gasteiger partial charge in [0, 0.05) is 22.9 Å². The Morgan fingerprint density at radius 2 is 1.82 bits per heavy atom. The van der Waals surface area contributed by atoms with E-state index in [1.54, 1.807) is 6.92 Å². The molecule has 34 heavy (non-hydrogen) atoms. The summed E-state index contributed by atoms with van der Waals surface area (Å²) in [4.78, 5) is 7.86. The van der Waals surface area contributed by atoms with E-state index in [9.17, 15) is 26.2 Å². The number of aryl methyl sites for hydroxylation is 1. The Labute approximate surface area is 198 Å². The van der Waals surface area contributed by atoms with Gasteiger partial charge in [0.15, 0.2) is 5.82 Å². The molecule has 0 N–H and O–H groups in total. The van der Waals surface area contributed by atoms with Gasteiger partial charge in [0.2, 0.25) is 5.82 Å². The summed E-state index contributed by atoms with van der Waals surface area (Å²) in [6, 6.07) is 5.68. The Hall–Kier alpha value is -2.77. The summed E-state index contributed by atoms with van der Waals surface area (Å²) < 4.78 is 88.7. The maximum Gasteiger partial charge on any atom is 0.417 e. The molecule has 4 rings (SSSR count). The highest BCUT2D eigenvalue weighted by molar-refractivity contribution is 7.93. The summed E-state index contributed by atoms with van der Waals surface area (Å²) in [6.07, 6.45) is -1.93. The second kappa shape index (κ2) is 8.17. The highest BCUT2D eigenvalue weighted by atomic mass is 35.5. The lowest BCUT2D eigenvalue weighted by Crippen LogP contribution is -2.07. The zero-order valence-electron chi connectivity index (χ0n) is 17.1. The minimum Gasteiger partial charge on any atom is -0.331 e. The molecule has 1 atom stereocenters. The fraction of sp³-hybridized carbons (Fsp3) is 0.211. The van der Waals surface area contributed by atoms with E-state index in [1.807, 2.05) is 0 Å². The van der Waals surface area contributed by atoms with Crippen molar-refractivity contribution in [3.63, 3.8) is 0 Å². The normalized spacial score (nSPS) is 14.4.